The number of hydrogen-bond acceptors (Lipinski definition) is 5. The molecular formula is C25H22N4OS. The van der Waals surface area contributed by atoms with Crippen molar-refractivity contribution in [2.24, 2.45) is 5.73 Å². The Morgan fingerprint density at radius 1 is 0.968 bits per heavy atom. The second-order valence-corrected chi connectivity index (χ2v) is 8.84. The van der Waals surface area contributed by atoms with Crippen LogP contribution in [0.2, 0.25) is 0 Å². The summed E-state index contributed by atoms with van der Waals surface area (Å²) >= 11 is 1.47. The lowest BCUT2D eigenvalue weighted by atomic mass is 9.72. The minimum absolute atomic E-state index is 0.189. The van der Waals surface area contributed by atoms with Crippen molar-refractivity contribution in [3.63, 3.8) is 0 Å². The van der Waals surface area contributed by atoms with Crippen LogP contribution in [0, 0.1) is 0 Å². The predicted octanol–water partition coefficient (Wildman–Crippen LogP) is 5.46. The molecule has 0 saturated heterocycles. The van der Waals surface area contributed by atoms with Crippen LogP contribution in [0.3, 0.4) is 0 Å². The first-order chi connectivity index (χ1) is 15.1. The molecule has 2 aromatic heterocycles. The third kappa shape index (κ3) is 3.87. The summed E-state index contributed by atoms with van der Waals surface area (Å²) in [6, 6.07) is 22.0. The maximum atomic E-state index is 12.6. The number of nitrogens with one attached hydrogen (secondary N) is 1. The lowest BCUT2D eigenvalue weighted by Crippen LogP contribution is -2.43. The highest BCUT2D eigenvalue weighted by Gasteiger charge is 2.34. The van der Waals surface area contributed by atoms with E-state index in [0.717, 1.165) is 34.5 Å². The van der Waals surface area contributed by atoms with Crippen molar-refractivity contribution in [1.82, 2.24) is 9.97 Å². The first-order valence-electron chi connectivity index (χ1n) is 10.3. The zero-order valence-electron chi connectivity index (χ0n) is 16.9. The first-order valence-corrected chi connectivity index (χ1v) is 11.1. The number of benzene rings is 2. The molecule has 6 heteroatoms. The molecule has 0 aliphatic heterocycles. The van der Waals surface area contributed by atoms with Crippen molar-refractivity contribution in [3.05, 3.63) is 90.3 Å². The average Bonchev–Trinajstić information content (AvgIpc) is 3.22. The van der Waals surface area contributed by atoms with E-state index in [2.05, 4.69) is 46.7 Å². The molecule has 5 nitrogen and oxygen atoms in total. The van der Waals surface area contributed by atoms with E-state index in [0.29, 0.717) is 10.7 Å². The Bertz CT molecular complexity index is 1200. The summed E-state index contributed by atoms with van der Waals surface area (Å²) in [7, 11) is 0. The van der Waals surface area contributed by atoms with E-state index in [1.807, 2.05) is 18.2 Å². The number of pyridine rings is 1. The van der Waals surface area contributed by atoms with E-state index < -0.39 is 0 Å². The second kappa shape index (κ2) is 8.06. The lowest BCUT2D eigenvalue weighted by Gasteiger charge is -2.38. The number of rotatable bonds is 5. The zero-order chi connectivity index (χ0) is 21.3. The van der Waals surface area contributed by atoms with Gasteiger partial charge >= 0.3 is 0 Å². The molecule has 0 bridgehead atoms. The molecule has 1 aliphatic carbocycles. The van der Waals surface area contributed by atoms with E-state index in [4.69, 9.17) is 10.7 Å². The fraction of sp³-hybridized carbons (Fsp3) is 0.160. The van der Waals surface area contributed by atoms with Gasteiger partial charge in [-0.1, -0.05) is 65.9 Å². The maximum absolute atomic E-state index is 12.6. The molecule has 0 atom stereocenters. The summed E-state index contributed by atoms with van der Waals surface area (Å²) < 4.78 is 0. The third-order valence-electron chi connectivity index (χ3n) is 5.79. The normalized spacial score (nSPS) is 14.6. The highest BCUT2D eigenvalue weighted by Crippen LogP contribution is 2.42. The van der Waals surface area contributed by atoms with Gasteiger partial charge < -0.3 is 5.73 Å². The summed E-state index contributed by atoms with van der Waals surface area (Å²) in [5.74, 6) is -0.224. The van der Waals surface area contributed by atoms with E-state index >= 15 is 0 Å². The number of carbonyl (C=O) groups excluding carboxylic acids is 1. The highest BCUT2D eigenvalue weighted by atomic mass is 32.1. The van der Waals surface area contributed by atoms with Gasteiger partial charge in [0.1, 0.15) is 0 Å². The van der Waals surface area contributed by atoms with Gasteiger partial charge in [-0.15, -0.1) is 0 Å². The largest absolute Gasteiger partial charge is 0.321 e. The van der Waals surface area contributed by atoms with Gasteiger partial charge in [-0.05, 0) is 42.5 Å². The van der Waals surface area contributed by atoms with Crippen LogP contribution in [0.5, 0.6) is 0 Å². The summed E-state index contributed by atoms with van der Waals surface area (Å²) in [6.45, 7) is 0. The van der Waals surface area contributed by atoms with Gasteiger partial charge in [0.15, 0.2) is 5.13 Å². The van der Waals surface area contributed by atoms with Crippen molar-refractivity contribution in [2.75, 3.05) is 5.32 Å². The van der Waals surface area contributed by atoms with Crippen LogP contribution < -0.4 is 11.1 Å². The Labute approximate surface area is 185 Å². The Kier molecular flexibility index (Phi) is 5.10. The monoisotopic (exact) mass is 426 g/mol. The molecule has 2 aromatic carbocycles. The number of amides is 1. The minimum Gasteiger partial charge on any atom is -0.321 e. The van der Waals surface area contributed by atoms with E-state index in [9.17, 15) is 4.79 Å². The summed E-state index contributed by atoms with van der Waals surface area (Å²) in [5.41, 5.74) is 10.9. The van der Waals surface area contributed by atoms with Crippen molar-refractivity contribution in [1.29, 1.82) is 0 Å². The van der Waals surface area contributed by atoms with Gasteiger partial charge in [-0.2, -0.15) is 0 Å². The maximum Gasteiger partial charge on any atom is 0.259 e. The van der Waals surface area contributed by atoms with Crippen LogP contribution in [-0.2, 0) is 5.54 Å². The topological polar surface area (TPSA) is 80.9 Å². The Morgan fingerprint density at radius 3 is 2.39 bits per heavy atom. The number of nitrogens with two attached hydrogens (primary N) is 1. The molecule has 3 N–H and O–H groups in total. The van der Waals surface area contributed by atoms with Crippen molar-refractivity contribution in [3.8, 4) is 21.7 Å². The molecule has 1 saturated carbocycles. The summed E-state index contributed by atoms with van der Waals surface area (Å²) in [4.78, 5) is 22.4. The van der Waals surface area contributed by atoms with Crippen molar-refractivity contribution < 1.29 is 4.79 Å². The number of thiazole rings is 1. The van der Waals surface area contributed by atoms with Gasteiger partial charge in [0.2, 0.25) is 0 Å². The van der Waals surface area contributed by atoms with Gasteiger partial charge in [0, 0.05) is 23.5 Å². The SMILES string of the molecule is NC1(c2ccc(-c3nc(NC(=O)c4cccnc4)sc3-c3ccccc3)cc2)CCC1. The fourth-order valence-corrected chi connectivity index (χ4v) is 4.82. The van der Waals surface area contributed by atoms with Crippen LogP contribution in [-0.4, -0.2) is 15.9 Å². The number of carbonyl (C=O) groups is 1. The van der Waals surface area contributed by atoms with Gasteiger partial charge in [-0.25, -0.2) is 4.98 Å². The molecule has 5 rings (SSSR count). The molecule has 0 radical (unpaired) electrons. The predicted molar refractivity (Wildman–Crippen MR) is 125 cm³/mol. The number of hydrogen-bond donors (Lipinski definition) is 2. The Morgan fingerprint density at radius 2 is 1.74 bits per heavy atom. The lowest BCUT2D eigenvalue weighted by molar-refractivity contribution is 0.102. The van der Waals surface area contributed by atoms with Crippen molar-refractivity contribution >= 4 is 22.4 Å². The number of aromatic nitrogens is 2. The van der Waals surface area contributed by atoms with Gasteiger partial charge in [0.05, 0.1) is 16.1 Å². The summed E-state index contributed by atoms with van der Waals surface area (Å²) in [5, 5.41) is 3.48. The van der Waals surface area contributed by atoms with Crippen LogP contribution in [0.25, 0.3) is 21.7 Å². The smallest absolute Gasteiger partial charge is 0.259 e. The standard InChI is InChI=1S/C25H22N4OS/c26-25(13-5-14-25)20-11-9-17(10-12-20)21-22(18-6-2-1-3-7-18)31-24(28-21)29-23(30)19-8-4-15-27-16-19/h1-4,6-12,15-16H,5,13-14,26H2,(H,28,29,30). The van der Waals surface area contributed by atoms with Crippen molar-refractivity contribution in [2.45, 2.75) is 24.8 Å². The molecule has 31 heavy (non-hydrogen) atoms. The van der Waals surface area contributed by atoms with Gasteiger partial charge in [0.25, 0.3) is 5.91 Å². The molecule has 2 heterocycles. The third-order valence-corrected chi connectivity index (χ3v) is 6.81. The zero-order valence-corrected chi connectivity index (χ0v) is 17.7. The molecule has 0 unspecified atom stereocenters. The molecule has 0 spiro atoms. The Balaban J connectivity index is 1.50. The van der Waals surface area contributed by atoms with Crippen LogP contribution in [0.4, 0.5) is 5.13 Å². The molecule has 4 aromatic rings. The van der Waals surface area contributed by atoms with Crippen LogP contribution >= 0.6 is 11.3 Å². The average molecular weight is 427 g/mol. The van der Waals surface area contributed by atoms with Crippen LogP contribution in [0.1, 0.15) is 35.2 Å². The number of nitrogens with zero attached hydrogens (tertiary/aromatic N) is 2. The van der Waals surface area contributed by atoms with E-state index in [-0.39, 0.29) is 11.4 Å². The molecule has 154 valence electrons. The summed E-state index contributed by atoms with van der Waals surface area (Å²) in [6.07, 6.45) is 6.43. The minimum atomic E-state index is -0.224. The van der Waals surface area contributed by atoms with Crippen LogP contribution in [0.15, 0.2) is 79.1 Å². The molecule has 1 fully saturated rings. The van der Waals surface area contributed by atoms with E-state index in [1.54, 1.807) is 24.5 Å². The number of anilines is 1. The Hall–Kier alpha value is -3.35. The molecular weight excluding hydrogens is 404 g/mol. The molecule has 1 amide bonds. The highest BCUT2D eigenvalue weighted by molar-refractivity contribution is 7.19. The fourth-order valence-electron chi connectivity index (χ4n) is 3.83. The van der Waals surface area contributed by atoms with Gasteiger partial charge in [-0.3, -0.25) is 15.1 Å². The second-order valence-electron chi connectivity index (χ2n) is 7.85. The first kappa shape index (κ1) is 19.6. The van der Waals surface area contributed by atoms with E-state index in [1.165, 1.54) is 23.3 Å². The molecule has 1 aliphatic rings. The quantitative estimate of drug-likeness (QED) is 0.444.